The Balaban J connectivity index is 2.32. The Morgan fingerprint density at radius 3 is 1.83 bits per heavy atom. The minimum Gasteiger partial charge on any atom is -0.387 e. The highest BCUT2D eigenvalue weighted by Gasteiger charge is 2.19. The van der Waals surface area contributed by atoms with Crippen molar-refractivity contribution in [2.45, 2.75) is 18.9 Å². The first-order chi connectivity index (χ1) is 8.83. The van der Waals surface area contributed by atoms with Crippen LogP contribution in [0.5, 0.6) is 0 Å². The third kappa shape index (κ3) is 2.88. The van der Waals surface area contributed by atoms with Crippen molar-refractivity contribution in [2.24, 2.45) is 0 Å². The smallest absolute Gasteiger partial charge is 0.0893 e. The van der Waals surface area contributed by atoms with Gasteiger partial charge in [-0.3, -0.25) is 0 Å². The highest BCUT2D eigenvalue weighted by atomic mass is 16.3. The van der Waals surface area contributed by atoms with E-state index in [1.807, 2.05) is 67.6 Å². The molecule has 2 aromatic rings. The standard InChI is InChI=1S/C17H18O/c1-2-9-16(14-10-5-3-6-11-14)17(18)15-12-7-4-8-13-15/h2-13,16-18H,1H3/b9-2-/t16-,17+/m0/s1. The van der Waals surface area contributed by atoms with Crippen molar-refractivity contribution in [3.8, 4) is 0 Å². The molecular weight excluding hydrogens is 220 g/mol. The van der Waals surface area contributed by atoms with E-state index in [9.17, 15) is 5.11 Å². The zero-order valence-electron chi connectivity index (χ0n) is 10.5. The lowest BCUT2D eigenvalue weighted by atomic mass is 9.89. The molecule has 2 aromatic carbocycles. The maximum absolute atomic E-state index is 10.5. The summed E-state index contributed by atoms with van der Waals surface area (Å²) in [5, 5.41) is 10.5. The summed E-state index contributed by atoms with van der Waals surface area (Å²) in [4.78, 5) is 0. The quantitative estimate of drug-likeness (QED) is 0.796. The summed E-state index contributed by atoms with van der Waals surface area (Å²) in [6.45, 7) is 1.98. The molecule has 0 saturated heterocycles. The van der Waals surface area contributed by atoms with Crippen LogP contribution in [0.4, 0.5) is 0 Å². The molecule has 0 aliphatic carbocycles. The first-order valence-corrected chi connectivity index (χ1v) is 6.23. The third-order valence-corrected chi connectivity index (χ3v) is 3.07. The summed E-state index contributed by atoms with van der Waals surface area (Å²) in [6.07, 6.45) is 3.53. The van der Waals surface area contributed by atoms with Gasteiger partial charge in [0.2, 0.25) is 0 Å². The lowest BCUT2D eigenvalue weighted by Crippen LogP contribution is -2.08. The summed E-state index contributed by atoms with van der Waals surface area (Å²) < 4.78 is 0. The van der Waals surface area contributed by atoms with Crippen molar-refractivity contribution in [1.29, 1.82) is 0 Å². The molecule has 0 spiro atoms. The van der Waals surface area contributed by atoms with Crippen LogP contribution >= 0.6 is 0 Å². The Bertz CT molecular complexity index is 488. The molecule has 1 heteroatoms. The summed E-state index contributed by atoms with van der Waals surface area (Å²) in [5.74, 6) is -0.00130. The molecule has 2 atom stereocenters. The molecule has 0 fully saturated rings. The maximum atomic E-state index is 10.5. The molecule has 0 unspecified atom stereocenters. The molecule has 0 saturated carbocycles. The van der Waals surface area contributed by atoms with Gasteiger partial charge in [-0.1, -0.05) is 72.8 Å². The molecule has 0 aromatic heterocycles. The first-order valence-electron chi connectivity index (χ1n) is 6.23. The monoisotopic (exact) mass is 238 g/mol. The van der Waals surface area contributed by atoms with Crippen LogP contribution in [0.1, 0.15) is 30.1 Å². The van der Waals surface area contributed by atoms with Crippen molar-refractivity contribution in [1.82, 2.24) is 0 Å². The van der Waals surface area contributed by atoms with Crippen LogP contribution in [-0.2, 0) is 0 Å². The Hall–Kier alpha value is -1.86. The van der Waals surface area contributed by atoms with Gasteiger partial charge in [0.15, 0.2) is 0 Å². The van der Waals surface area contributed by atoms with Gasteiger partial charge in [0, 0.05) is 5.92 Å². The molecule has 0 aliphatic heterocycles. The number of rotatable bonds is 4. The van der Waals surface area contributed by atoms with E-state index in [0.717, 1.165) is 11.1 Å². The van der Waals surface area contributed by atoms with Crippen molar-refractivity contribution in [3.05, 3.63) is 83.9 Å². The van der Waals surface area contributed by atoms with Gasteiger partial charge in [0.1, 0.15) is 0 Å². The van der Waals surface area contributed by atoms with Gasteiger partial charge in [0.05, 0.1) is 6.10 Å². The average molecular weight is 238 g/mol. The summed E-state index contributed by atoms with van der Waals surface area (Å²) in [6, 6.07) is 19.9. The molecule has 1 nitrogen and oxygen atoms in total. The summed E-state index contributed by atoms with van der Waals surface area (Å²) in [7, 11) is 0. The van der Waals surface area contributed by atoms with E-state index in [1.54, 1.807) is 0 Å². The average Bonchev–Trinajstić information content (AvgIpc) is 2.46. The maximum Gasteiger partial charge on any atom is 0.0893 e. The van der Waals surface area contributed by atoms with E-state index >= 15 is 0 Å². The molecule has 0 radical (unpaired) electrons. The van der Waals surface area contributed by atoms with Gasteiger partial charge in [0.25, 0.3) is 0 Å². The van der Waals surface area contributed by atoms with Gasteiger partial charge in [-0.2, -0.15) is 0 Å². The lowest BCUT2D eigenvalue weighted by Gasteiger charge is -2.20. The van der Waals surface area contributed by atoms with Gasteiger partial charge in [-0.15, -0.1) is 0 Å². The van der Waals surface area contributed by atoms with Crippen molar-refractivity contribution in [3.63, 3.8) is 0 Å². The second-order valence-electron chi connectivity index (χ2n) is 4.32. The number of aliphatic hydroxyl groups is 1. The largest absolute Gasteiger partial charge is 0.387 e. The fourth-order valence-corrected chi connectivity index (χ4v) is 2.14. The Kier molecular flexibility index (Phi) is 4.32. The second-order valence-corrected chi connectivity index (χ2v) is 4.32. The third-order valence-electron chi connectivity index (χ3n) is 3.07. The van der Waals surface area contributed by atoms with Crippen LogP contribution in [0, 0.1) is 0 Å². The minimum atomic E-state index is -0.509. The van der Waals surface area contributed by atoms with E-state index < -0.39 is 6.10 Å². The van der Waals surface area contributed by atoms with E-state index in [0.29, 0.717) is 0 Å². The number of benzene rings is 2. The normalized spacial score (nSPS) is 14.6. The van der Waals surface area contributed by atoms with Gasteiger partial charge >= 0.3 is 0 Å². The van der Waals surface area contributed by atoms with Crippen LogP contribution in [0.25, 0.3) is 0 Å². The SMILES string of the molecule is C/C=C\[C@@H](c1ccccc1)[C@H](O)c1ccccc1. The molecule has 18 heavy (non-hydrogen) atoms. The predicted octanol–water partition coefficient (Wildman–Crippen LogP) is 4.08. The molecule has 0 heterocycles. The van der Waals surface area contributed by atoms with Crippen LogP contribution in [0.3, 0.4) is 0 Å². The molecular formula is C17H18O. The van der Waals surface area contributed by atoms with Gasteiger partial charge < -0.3 is 5.11 Å². The highest BCUT2D eigenvalue weighted by molar-refractivity contribution is 5.30. The molecule has 0 bridgehead atoms. The van der Waals surface area contributed by atoms with Gasteiger partial charge in [-0.05, 0) is 18.1 Å². The molecule has 2 rings (SSSR count). The van der Waals surface area contributed by atoms with Crippen molar-refractivity contribution >= 4 is 0 Å². The molecule has 0 aliphatic rings. The van der Waals surface area contributed by atoms with Crippen molar-refractivity contribution in [2.75, 3.05) is 0 Å². The highest BCUT2D eigenvalue weighted by Crippen LogP contribution is 2.31. The lowest BCUT2D eigenvalue weighted by molar-refractivity contribution is 0.161. The first kappa shape index (κ1) is 12.6. The number of hydrogen-bond acceptors (Lipinski definition) is 1. The number of hydrogen-bond donors (Lipinski definition) is 1. The van der Waals surface area contributed by atoms with Crippen LogP contribution in [0.2, 0.25) is 0 Å². The molecule has 0 amide bonds. The number of allylic oxidation sites excluding steroid dienone is 1. The predicted molar refractivity (Wildman–Crippen MR) is 75.4 cm³/mol. The minimum absolute atomic E-state index is 0.00130. The second kappa shape index (κ2) is 6.18. The fourth-order valence-electron chi connectivity index (χ4n) is 2.14. The van der Waals surface area contributed by atoms with E-state index in [-0.39, 0.29) is 5.92 Å². The Morgan fingerprint density at radius 2 is 1.33 bits per heavy atom. The summed E-state index contributed by atoms with van der Waals surface area (Å²) in [5.41, 5.74) is 2.08. The van der Waals surface area contributed by atoms with E-state index in [1.165, 1.54) is 0 Å². The molecule has 1 N–H and O–H groups in total. The zero-order chi connectivity index (χ0) is 12.8. The van der Waals surface area contributed by atoms with E-state index in [2.05, 4.69) is 12.1 Å². The Morgan fingerprint density at radius 1 is 0.833 bits per heavy atom. The van der Waals surface area contributed by atoms with Gasteiger partial charge in [-0.25, -0.2) is 0 Å². The zero-order valence-corrected chi connectivity index (χ0v) is 10.5. The number of aliphatic hydroxyl groups excluding tert-OH is 1. The molecule has 92 valence electrons. The van der Waals surface area contributed by atoms with Crippen LogP contribution < -0.4 is 0 Å². The van der Waals surface area contributed by atoms with Crippen LogP contribution in [0.15, 0.2) is 72.8 Å². The fraction of sp³-hybridized carbons (Fsp3) is 0.176. The summed E-state index contributed by atoms with van der Waals surface area (Å²) >= 11 is 0. The van der Waals surface area contributed by atoms with Crippen molar-refractivity contribution < 1.29 is 5.11 Å². The van der Waals surface area contributed by atoms with Crippen LogP contribution in [-0.4, -0.2) is 5.11 Å². The topological polar surface area (TPSA) is 20.2 Å². The van der Waals surface area contributed by atoms with E-state index in [4.69, 9.17) is 0 Å². The Labute approximate surface area is 108 Å².